The number of nitrogens with one attached hydrogen (secondary N) is 1. The van der Waals surface area contributed by atoms with Crippen molar-refractivity contribution in [1.82, 2.24) is 5.32 Å². The third-order valence-electron chi connectivity index (χ3n) is 3.40. The van der Waals surface area contributed by atoms with Crippen LogP contribution in [0.5, 0.6) is 11.5 Å². The van der Waals surface area contributed by atoms with Gasteiger partial charge in [-0.1, -0.05) is 18.2 Å². The van der Waals surface area contributed by atoms with Gasteiger partial charge in [-0.25, -0.2) is 4.39 Å². The predicted molar refractivity (Wildman–Crippen MR) is 87.6 cm³/mol. The average Bonchev–Trinajstić information content (AvgIpc) is 2.61. The van der Waals surface area contributed by atoms with Crippen LogP contribution in [-0.2, 0) is 9.53 Å². The van der Waals surface area contributed by atoms with Gasteiger partial charge in [-0.15, -0.1) is 0 Å². The predicted octanol–water partition coefficient (Wildman–Crippen LogP) is 2.72. The number of benzene rings is 2. The average molecular weight is 333 g/mol. The van der Waals surface area contributed by atoms with Crippen LogP contribution in [-0.4, -0.2) is 33.3 Å². The molecule has 0 aromatic heterocycles. The number of carbonyl (C=O) groups excluding carboxylic acids is 1. The maximum atomic E-state index is 13.3. The molecule has 1 amide bonds. The van der Waals surface area contributed by atoms with Crippen LogP contribution in [0.4, 0.5) is 4.39 Å². The highest BCUT2D eigenvalue weighted by Crippen LogP contribution is 2.19. The van der Waals surface area contributed by atoms with Gasteiger partial charge < -0.3 is 19.5 Å². The fourth-order valence-electron chi connectivity index (χ4n) is 2.14. The first-order valence-electron chi connectivity index (χ1n) is 7.44. The standard InChI is InChI=1S/C18H20FNO4/c1-22-15-7-4-8-16(10-15)24-12-18(21)20-11-17(23-2)13-5-3-6-14(19)9-13/h3-10,17H,11-12H2,1-2H3,(H,20,21). The van der Waals surface area contributed by atoms with Crippen molar-refractivity contribution in [3.63, 3.8) is 0 Å². The zero-order valence-corrected chi connectivity index (χ0v) is 13.6. The largest absolute Gasteiger partial charge is 0.497 e. The summed E-state index contributed by atoms with van der Waals surface area (Å²) in [6.07, 6.45) is -0.429. The number of methoxy groups -OCH3 is 2. The zero-order chi connectivity index (χ0) is 17.4. The molecule has 24 heavy (non-hydrogen) atoms. The van der Waals surface area contributed by atoms with Gasteiger partial charge >= 0.3 is 0 Å². The third kappa shape index (κ3) is 5.24. The Labute approximate surface area is 140 Å². The van der Waals surface area contributed by atoms with Crippen LogP contribution >= 0.6 is 0 Å². The highest BCUT2D eigenvalue weighted by atomic mass is 19.1. The molecule has 0 aliphatic rings. The van der Waals surface area contributed by atoms with Crippen LogP contribution in [0.25, 0.3) is 0 Å². The second kappa shape index (κ2) is 8.88. The summed E-state index contributed by atoms with van der Waals surface area (Å²) in [5.74, 6) is 0.551. The molecule has 0 radical (unpaired) electrons. The summed E-state index contributed by atoms with van der Waals surface area (Å²) in [5.41, 5.74) is 0.659. The van der Waals surface area contributed by atoms with Gasteiger partial charge in [-0.2, -0.15) is 0 Å². The second-order valence-electron chi connectivity index (χ2n) is 5.05. The van der Waals surface area contributed by atoms with Crippen molar-refractivity contribution < 1.29 is 23.4 Å². The molecule has 2 aromatic rings. The molecule has 1 N–H and O–H groups in total. The van der Waals surface area contributed by atoms with Crippen molar-refractivity contribution in [2.45, 2.75) is 6.10 Å². The maximum Gasteiger partial charge on any atom is 0.258 e. The highest BCUT2D eigenvalue weighted by Gasteiger charge is 2.13. The van der Waals surface area contributed by atoms with Crippen LogP contribution in [0.2, 0.25) is 0 Å². The topological polar surface area (TPSA) is 56.8 Å². The zero-order valence-electron chi connectivity index (χ0n) is 13.6. The summed E-state index contributed by atoms with van der Waals surface area (Å²) in [5, 5.41) is 2.71. The number of carbonyl (C=O) groups is 1. The lowest BCUT2D eigenvalue weighted by Crippen LogP contribution is -2.33. The summed E-state index contributed by atoms with van der Waals surface area (Å²) in [6.45, 7) is 0.0903. The van der Waals surface area contributed by atoms with Gasteiger partial charge in [0.2, 0.25) is 0 Å². The Morgan fingerprint density at radius 2 is 1.88 bits per heavy atom. The number of hydrogen-bond acceptors (Lipinski definition) is 4. The van der Waals surface area contributed by atoms with Gasteiger partial charge in [0, 0.05) is 19.7 Å². The first-order chi connectivity index (χ1) is 11.6. The van der Waals surface area contributed by atoms with Crippen molar-refractivity contribution >= 4 is 5.91 Å². The smallest absolute Gasteiger partial charge is 0.258 e. The number of amides is 1. The molecule has 6 heteroatoms. The van der Waals surface area contributed by atoms with E-state index >= 15 is 0 Å². The maximum absolute atomic E-state index is 13.3. The first-order valence-corrected chi connectivity index (χ1v) is 7.44. The minimum atomic E-state index is -0.429. The van der Waals surface area contributed by atoms with Crippen LogP contribution in [0.15, 0.2) is 48.5 Å². The third-order valence-corrected chi connectivity index (χ3v) is 3.40. The van der Waals surface area contributed by atoms with E-state index in [1.165, 1.54) is 19.2 Å². The van der Waals surface area contributed by atoms with Crippen molar-refractivity contribution in [1.29, 1.82) is 0 Å². The molecule has 0 spiro atoms. The van der Waals surface area contributed by atoms with Crippen LogP contribution in [0.1, 0.15) is 11.7 Å². The van der Waals surface area contributed by atoms with E-state index in [2.05, 4.69) is 5.32 Å². The molecule has 128 valence electrons. The molecule has 0 saturated heterocycles. The molecule has 5 nitrogen and oxygen atoms in total. The second-order valence-corrected chi connectivity index (χ2v) is 5.05. The normalized spacial score (nSPS) is 11.6. The van der Waals surface area contributed by atoms with E-state index < -0.39 is 6.10 Å². The molecule has 0 aliphatic heterocycles. The van der Waals surface area contributed by atoms with E-state index in [-0.39, 0.29) is 24.9 Å². The van der Waals surface area contributed by atoms with Gasteiger partial charge in [0.25, 0.3) is 5.91 Å². The molecule has 0 heterocycles. The Morgan fingerprint density at radius 1 is 1.12 bits per heavy atom. The number of ether oxygens (including phenoxy) is 3. The Balaban J connectivity index is 1.83. The Bertz CT molecular complexity index is 678. The summed E-state index contributed by atoms with van der Waals surface area (Å²) in [6, 6.07) is 13.1. The molecule has 0 saturated carbocycles. The van der Waals surface area contributed by atoms with Crippen LogP contribution < -0.4 is 14.8 Å². The summed E-state index contributed by atoms with van der Waals surface area (Å²) >= 11 is 0. The van der Waals surface area contributed by atoms with Crippen molar-refractivity contribution in [2.24, 2.45) is 0 Å². The molecule has 1 unspecified atom stereocenters. The van der Waals surface area contributed by atoms with E-state index in [1.807, 2.05) is 0 Å². The number of rotatable bonds is 8. The molecule has 2 aromatic carbocycles. The summed E-state index contributed by atoms with van der Waals surface area (Å²) in [7, 11) is 3.07. The van der Waals surface area contributed by atoms with Gasteiger partial charge in [0.1, 0.15) is 17.3 Å². The lowest BCUT2D eigenvalue weighted by Gasteiger charge is -2.17. The number of hydrogen-bond donors (Lipinski definition) is 1. The Morgan fingerprint density at radius 3 is 2.58 bits per heavy atom. The van der Waals surface area contributed by atoms with Crippen molar-refractivity contribution in [2.75, 3.05) is 27.4 Å². The van der Waals surface area contributed by atoms with Gasteiger partial charge in [-0.3, -0.25) is 4.79 Å². The van der Waals surface area contributed by atoms with Crippen LogP contribution in [0.3, 0.4) is 0 Å². The fourth-order valence-corrected chi connectivity index (χ4v) is 2.14. The fraction of sp³-hybridized carbons (Fsp3) is 0.278. The Hall–Kier alpha value is -2.60. The molecule has 0 aliphatic carbocycles. The minimum absolute atomic E-state index is 0.132. The molecular weight excluding hydrogens is 313 g/mol. The lowest BCUT2D eigenvalue weighted by molar-refractivity contribution is -0.123. The van der Waals surface area contributed by atoms with Gasteiger partial charge in [0.05, 0.1) is 13.2 Å². The first kappa shape index (κ1) is 17.7. The summed E-state index contributed by atoms with van der Waals surface area (Å²) in [4.78, 5) is 11.9. The van der Waals surface area contributed by atoms with Gasteiger partial charge in [-0.05, 0) is 29.8 Å². The SMILES string of the molecule is COc1cccc(OCC(=O)NCC(OC)c2cccc(F)c2)c1. The van der Waals surface area contributed by atoms with E-state index in [0.717, 1.165) is 0 Å². The van der Waals surface area contributed by atoms with Gasteiger partial charge in [0.15, 0.2) is 6.61 Å². The molecule has 0 fully saturated rings. The summed E-state index contributed by atoms with van der Waals surface area (Å²) < 4.78 is 29.1. The quantitative estimate of drug-likeness (QED) is 0.807. The van der Waals surface area contributed by atoms with E-state index in [1.54, 1.807) is 43.5 Å². The monoisotopic (exact) mass is 333 g/mol. The Kier molecular flexibility index (Phi) is 6.57. The van der Waals surface area contributed by atoms with E-state index in [0.29, 0.717) is 17.1 Å². The van der Waals surface area contributed by atoms with E-state index in [9.17, 15) is 9.18 Å². The van der Waals surface area contributed by atoms with Crippen LogP contribution in [0, 0.1) is 5.82 Å². The van der Waals surface area contributed by atoms with E-state index in [4.69, 9.17) is 14.2 Å². The molecule has 1 atom stereocenters. The molecule has 2 rings (SSSR count). The van der Waals surface area contributed by atoms with Crippen molar-refractivity contribution in [3.8, 4) is 11.5 Å². The molecular formula is C18H20FNO4. The van der Waals surface area contributed by atoms with Crippen molar-refractivity contribution in [3.05, 3.63) is 59.9 Å². The molecule has 0 bridgehead atoms. The highest BCUT2D eigenvalue weighted by molar-refractivity contribution is 5.77. The number of halogens is 1. The minimum Gasteiger partial charge on any atom is -0.497 e. The lowest BCUT2D eigenvalue weighted by atomic mass is 10.1.